The van der Waals surface area contributed by atoms with E-state index in [9.17, 15) is 26.7 Å². The number of nitrogens with one attached hydrogen (secondary N) is 2. The molecule has 1 heterocycles. The first-order valence-electron chi connectivity index (χ1n) is 8.35. The highest BCUT2D eigenvalue weighted by atomic mass is 19.4. The Kier molecular flexibility index (Phi) is 5.76. The number of halogens is 5. The maximum absolute atomic E-state index is 13.5. The highest BCUT2D eigenvalue weighted by Crippen LogP contribution is 2.33. The van der Waals surface area contributed by atoms with E-state index in [0.717, 1.165) is 12.3 Å². The van der Waals surface area contributed by atoms with Gasteiger partial charge in [-0.3, -0.25) is 4.79 Å². The van der Waals surface area contributed by atoms with Gasteiger partial charge in [-0.2, -0.15) is 13.2 Å². The van der Waals surface area contributed by atoms with Gasteiger partial charge < -0.3 is 10.6 Å². The van der Waals surface area contributed by atoms with Gasteiger partial charge in [0.25, 0.3) is 5.91 Å². The summed E-state index contributed by atoms with van der Waals surface area (Å²) in [6.45, 7) is -0.0836. The molecule has 4 nitrogen and oxygen atoms in total. The van der Waals surface area contributed by atoms with Crippen molar-refractivity contribution < 1.29 is 26.7 Å². The maximum Gasteiger partial charge on any atom is 0.417 e. The first-order chi connectivity index (χ1) is 13.7. The van der Waals surface area contributed by atoms with Crippen LogP contribution in [-0.2, 0) is 12.7 Å². The molecule has 0 aliphatic rings. The first-order valence-corrected chi connectivity index (χ1v) is 8.35. The minimum absolute atomic E-state index is 0.0836. The molecule has 0 saturated carbocycles. The second kappa shape index (κ2) is 8.26. The first kappa shape index (κ1) is 20.2. The predicted molar refractivity (Wildman–Crippen MR) is 96.5 cm³/mol. The van der Waals surface area contributed by atoms with Crippen LogP contribution in [0.5, 0.6) is 0 Å². The molecule has 0 unspecified atom stereocenters. The summed E-state index contributed by atoms with van der Waals surface area (Å²) in [5.74, 6) is -2.21. The summed E-state index contributed by atoms with van der Waals surface area (Å²) in [4.78, 5) is 16.1. The number of rotatable bonds is 5. The monoisotopic (exact) mass is 407 g/mol. The predicted octanol–water partition coefficient (Wildman–Crippen LogP) is 5.05. The van der Waals surface area contributed by atoms with Crippen molar-refractivity contribution in [3.63, 3.8) is 0 Å². The fourth-order valence-electron chi connectivity index (χ4n) is 2.53. The zero-order valence-corrected chi connectivity index (χ0v) is 14.7. The Morgan fingerprint density at radius 2 is 1.69 bits per heavy atom. The van der Waals surface area contributed by atoms with Gasteiger partial charge >= 0.3 is 6.18 Å². The molecule has 0 bridgehead atoms. The quantitative estimate of drug-likeness (QED) is 0.582. The lowest BCUT2D eigenvalue weighted by Gasteiger charge is -2.15. The number of hydrogen-bond donors (Lipinski definition) is 2. The molecular formula is C20H14F5N3O. The molecule has 9 heteroatoms. The molecule has 150 valence electrons. The van der Waals surface area contributed by atoms with Crippen LogP contribution in [0.4, 0.5) is 33.5 Å². The SMILES string of the molecule is O=C(NCc1ccc(F)cc1)c1cnc(Nc2cccc(F)c2)cc1C(F)(F)F. The van der Waals surface area contributed by atoms with Gasteiger partial charge in [0.05, 0.1) is 11.1 Å². The van der Waals surface area contributed by atoms with Gasteiger partial charge in [-0.05, 0) is 42.0 Å². The third kappa shape index (κ3) is 5.28. The lowest BCUT2D eigenvalue weighted by molar-refractivity contribution is -0.137. The van der Waals surface area contributed by atoms with E-state index in [4.69, 9.17) is 0 Å². The van der Waals surface area contributed by atoms with Crippen molar-refractivity contribution in [2.45, 2.75) is 12.7 Å². The van der Waals surface area contributed by atoms with E-state index in [1.807, 2.05) is 0 Å². The molecule has 29 heavy (non-hydrogen) atoms. The Bertz CT molecular complexity index is 1020. The maximum atomic E-state index is 13.5. The summed E-state index contributed by atoms with van der Waals surface area (Å²) in [5.41, 5.74) is -1.13. The number of aromatic nitrogens is 1. The van der Waals surface area contributed by atoms with Crippen LogP contribution in [0.3, 0.4) is 0 Å². The molecule has 3 aromatic rings. The fourth-order valence-corrected chi connectivity index (χ4v) is 2.53. The summed E-state index contributed by atoms with van der Waals surface area (Å²) < 4.78 is 66.5. The van der Waals surface area contributed by atoms with Crippen LogP contribution < -0.4 is 10.6 Å². The second-order valence-corrected chi connectivity index (χ2v) is 6.06. The van der Waals surface area contributed by atoms with E-state index >= 15 is 0 Å². The molecule has 0 radical (unpaired) electrons. The van der Waals surface area contributed by atoms with Gasteiger partial charge in [-0.1, -0.05) is 18.2 Å². The topological polar surface area (TPSA) is 54.0 Å². The number of carbonyl (C=O) groups excluding carboxylic acids is 1. The van der Waals surface area contributed by atoms with Gasteiger partial charge in [-0.25, -0.2) is 13.8 Å². The van der Waals surface area contributed by atoms with Crippen LogP contribution >= 0.6 is 0 Å². The number of benzene rings is 2. The third-order valence-electron chi connectivity index (χ3n) is 3.92. The number of amides is 1. The summed E-state index contributed by atoms with van der Waals surface area (Å²) >= 11 is 0. The minimum atomic E-state index is -4.82. The summed E-state index contributed by atoms with van der Waals surface area (Å²) in [7, 11) is 0. The molecule has 0 aliphatic heterocycles. The largest absolute Gasteiger partial charge is 0.417 e. The lowest BCUT2D eigenvalue weighted by atomic mass is 10.1. The number of hydrogen-bond acceptors (Lipinski definition) is 3. The zero-order chi connectivity index (χ0) is 21.0. The van der Waals surface area contributed by atoms with Crippen LogP contribution in [0.1, 0.15) is 21.5 Å². The normalized spacial score (nSPS) is 11.2. The average molecular weight is 407 g/mol. The Morgan fingerprint density at radius 1 is 0.966 bits per heavy atom. The van der Waals surface area contributed by atoms with Gasteiger partial charge in [0.1, 0.15) is 17.5 Å². The van der Waals surface area contributed by atoms with Crippen molar-refractivity contribution in [3.05, 3.63) is 89.1 Å². The summed E-state index contributed by atoms with van der Waals surface area (Å²) in [5, 5.41) is 4.92. The highest BCUT2D eigenvalue weighted by Gasteiger charge is 2.36. The third-order valence-corrected chi connectivity index (χ3v) is 3.92. The fraction of sp³-hybridized carbons (Fsp3) is 0.100. The van der Waals surface area contributed by atoms with Crippen molar-refractivity contribution in [2.24, 2.45) is 0 Å². The molecule has 0 spiro atoms. The Morgan fingerprint density at radius 3 is 2.34 bits per heavy atom. The molecule has 2 N–H and O–H groups in total. The minimum Gasteiger partial charge on any atom is -0.348 e. The Balaban J connectivity index is 1.81. The van der Waals surface area contributed by atoms with Gasteiger partial charge in [0, 0.05) is 18.4 Å². The van der Waals surface area contributed by atoms with E-state index < -0.39 is 34.8 Å². The highest BCUT2D eigenvalue weighted by molar-refractivity contribution is 5.95. The second-order valence-electron chi connectivity index (χ2n) is 6.06. The average Bonchev–Trinajstić information content (AvgIpc) is 2.66. The van der Waals surface area contributed by atoms with Crippen LogP contribution in [0.2, 0.25) is 0 Å². The van der Waals surface area contributed by atoms with E-state index in [1.54, 1.807) is 0 Å². The van der Waals surface area contributed by atoms with Crippen molar-refractivity contribution in [2.75, 3.05) is 5.32 Å². The number of pyridine rings is 1. The molecule has 1 amide bonds. The smallest absolute Gasteiger partial charge is 0.348 e. The van der Waals surface area contributed by atoms with Crippen LogP contribution in [0, 0.1) is 11.6 Å². The van der Waals surface area contributed by atoms with Crippen molar-refractivity contribution in [3.8, 4) is 0 Å². The van der Waals surface area contributed by atoms with E-state index in [0.29, 0.717) is 11.6 Å². The van der Waals surface area contributed by atoms with Gasteiger partial charge in [0.2, 0.25) is 0 Å². The van der Waals surface area contributed by atoms with Gasteiger partial charge in [-0.15, -0.1) is 0 Å². The summed E-state index contributed by atoms with van der Waals surface area (Å²) in [6.07, 6.45) is -4.02. The number of nitrogens with zero attached hydrogens (tertiary/aromatic N) is 1. The molecule has 0 saturated heterocycles. The van der Waals surface area contributed by atoms with Crippen LogP contribution in [0.25, 0.3) is 0 Å². The number of carbonyl (C=O) groups is 1. The molecule has 0 aliphatic carbocycles. The number of alkyl halides is 3. The molecular weight excluding hydrogens is 393 g/mol. The standard InChI is InChI=1S/C20H14F5N3O/c21-13-6-4-12(5-7-13)10-27-19(29)16-11-26-18(9-17(16)20(23,24)25)28-15-3-1-2-14(22)8-15/h1-9,11H,10H2,(H,26,28)(H,27,29). The molecule has 3 rings (SSSR count). The Labute approximate surface area is 162 Å². The van der Waals surface area contributed by atoms with E-state index in [-0.39, 0.29) is 18.1 Å². The van der Waals surface area contributed by atoms with Crippen molar-refractivity contribution in [1.29, 1.82) is 0 Å². The summed E-state index contributed by atoms with van der Waals surface area (Å²) in [6, 6.07) is 11.0. The molecule has 2 aromatic carbocycles. The lowest BCUT2D eigenvalue weighted by Crippen LogP contribution is -2.26. The molecule has 0 fully saturated rings. The van der Waals surface area contributed by atoms with Crippen molar-refractivity contribution >= 4 is 17.4 Å². The number of anilines is 2. The molecule has 1 aromatic heterocycles. The Hall–Kier alpha value is -3.49. The zero-order valence-electron chi connectivity index (χ0n) is 14.7. The molecule has 0 atom stereocenters. The van der Waals surface area contributed by atoms with Crippen LogP contribution in [-0.4, -0.2) is 10.9 Å². The van der Waals surface area contributed by atoms with Crippen LogP contribution in [0.15, 0.2) is 60.8 Å². The van der Waals surface area contributed by atoms with Gasteiger partial charge in [0.15, 0.2) is 0 Å². The van der Waals surface area contributed by atoms with E-state index in [2.05, 4.69) is 15.6 Å². The van der Waals surface area contributed by atoms with Crippen molar-refractivity contribution in [1.82, 2.24) is 10.3 Å². The van der Waals surface area contributed by atoms with E-state index in [1.165, 1.54) is 42.5 Å².